The summed E-state index contributed by atoms with van der Waals surface area (Å²) in [5, 5.41) is 7.11. The molecule has 1 aliphatic heterocycles. The fourth-order valence-electron chi connectivity index (χ4n) is 5.61. The number of aromatic nitrogens is 2. The molecule has 0 bridgehead atoms. The first-order chi connectivity index (χ1) is 21.1. The molecule has 4 N–H and O–H groups in total. The number of rotatable bonds is 9. The fourth-order valence-corrected chi connectivity index (χ4v) is 6.45. The van der Waals surface area contributed by atoms with Crippen LogP contribution in [0.3, 0.4) is 0 Å². The summed E-state index contributed by atoms with van der Waals surface area (Å²) in [6, 6.07) is 12.5. The summed E-state index contributed by atoms with van der Waals surface area (Å²) in [5.41, 5.74) is 11.1. The molecule has 3 aromatic carbocycles. The molecule has 0 aliphatic carbocycles. The van der Waals surface area contributed by atoms with E-state index in [0.717, 1.165) is 54.9 Å². The number of anilines is 2. The smallest absolute Gasteiger partial charge is 0.255 e. The average molecular weight is 656 g/mol. The van der Waals surface area contributed by atoms with Gasteiger partial charge in [-0.05, 0) is 66.6 Å². The molecule has 2 amide bonds. The Labute approximate surface area is 272 Å². The average Bonchev–Trinajstić information content (AvgIpc) is 3.31. The molecule has 1 aromatic heterocycles. The summed E-state index contributed by atoms with van der Waals surface area (Å²) < 4.78 is 2.03. The van der Waals surface area contributed by atoms with Gasteiger partial charge in [-0.15, -0.1) is 0 Å². The lowest BCUT2D eigenvalue weighted by atomic mass is 9.97. The third kappa shape index (κ3) is 6.63. The number of piperidine rings is 1. The zero-order valence-corrected chi connectivity index (χ0v) is 27.4. The molecule has 11 heteroatoms. The van der Waals surface area contributed by atoms with Crippen molar-refractivity contribution in [1.29, 1.82) is 0 Å². The molecule has 0 atom stereocenters. The number of carbonyl (C=O) groups is 2. The highest BCUT2D eigenvalue weighted by Gasteiger charge is 2.24. The molecule has 4 aromatic rings. The minimum atomic E-state index is -0.395. The maximum atomic E-state index is 13.3. The van der Waals surface area contributed by atoms with Gasteiger partial charge in [-0.2, -0.15) is 0 Å². The van der Waals surface area contributed by atoms with Crippen LogP contribution in [0.2, 0.25) is 15.1 Å². The van der Waals surface area contributed by atoms with E-state index in [4.69, 9.17) is 45.5 Å². The number of benzene rings is 3. The van der Waals surface area contributed by atoms with Gasteiger partial charge in [0.05, 0.1) is 37.9 Å². The van der Waals surface area contributed by atoms with Crippen LogP contribution >= 0.6 is 34.8 Å². The Morgan fingerprint density at radius 1 is 1.02 bits per heavy atom. The van der Waals surface area contributed by atoms with E-state index in [9.17, 15) is 9.59 Å². The number of halogens is 3. The van der Waals surface area contributed by atoms with Crippen LogP contribution in [0.5, 0.6) is 0 Å². The van der Waals surface area contributed by atoms with Crippen molar-refractivity contribution in [3.63, 3.8) is 0 Å². The summed E-state index contributed by atoms with van der Waals surface area (Å²) in [6.45, 7) is 6.89. The lowest BCUT2D eigenvalue weighted by Gasteiger charge is -2.33. The Bertz CT molecular complexity index is 1690. The van der Waals surface area contributed by atoms with E-state index in [1.54, 1.807) is 30.3 Å². The quantitative estimate of drug-likeness (QED) is 0.168. The van der Waals surface area contributed by atoms with E-state index >= 15 is 0 Å². The van der Waals surface area contributed by atoms with Gasteiger partial charge >= 0.3 is 0 Å². The Morgan fingerprint density at radius 2 is 1.77 bits per heavy atom. The van der Waals surface area contributed by atoms with Crippen LogP contribution in [-0.4, -0.2) is 41.0 Å². The Hall–Kier alpha value is -3.46. The number of imidazole rings is 1. The Kier molecular flexibility index (Phi) is 9.93. The minimum absolute atomic E-state index is 0.0889. The van der Waals surface area contributed by atoms with Gasteiger partial charge in [0, 0.05) is 50.4 Å². The van der Waals surface area contributed by atoms with Crippen LogP contribution in [0.15, 0.2) is 42.5 Å². The zero-order chi connectivity index (χ0) is 31.5. The SMILES string of the molecule is CCCNC(=O)c1cc2nc(Cc3c(Cl)ccc(CNC(=O)c4c(N)cccc4Cl)c3Cl)n(C)c2cc1N1CCC(C)CC1. The van der Waals surface area contributed by atoms with E-state index in [-0.39, 0.29) is 23.0 Å². The van der Waals surface area contributed by atoms with Gasteiger partial charge in [0.1, 0.15) is 5.82 Å². The molecule has 232 valence electrons. The highest BCUT2D eigenvalue weighted by molar-refractivity contribution is 6.36. The van der Waals surface area contributed by atoms with Gasteiger partial charge in [0.25, 0.3) is 11.8 Å². The van der Waals surface area contributed by atoms with Crippen molar-refractivity contribution in [2.24, 2.45) is 13.0 Å². The van der Waals surface area contributed by atoms with E-state index in [1.165, 1.54) is 0 Å². The molecular formula is C33H37Cl3N6O2. The van der Waals surface area contributed by atoms with Crippen LogP contribution in [0.25, 0.3) is 11.0 Å². The van der Waals surface area contributed by atoms with Gasteiger partial charge in [-0.3, -0.25) is 9.59 Å². The number of carbonyl (C=O) groups excluding carboxylic acids is 2. The summed E-state index contributed by atoms with van der Waals surface area (Å²) >= 11 is 19.7. The van der Waals surface area contributed by atoms with Gasteiger partial charge in [0.15, 0.2) is 0 Å². The molecule has 1 saturated heterocycles. The van der Waals surface area contributed by atoms with Crippen LogP contribution in [0.1, 0.15) is 70.8 Å². The van der Waals surface area contributed by atoms with Crippen molar-refractivity contribution >= 4 is 69.0 Å². The van der Waals surface area contributed by atoms with Crippen LogP contribution in [0, 0.1) is 5.92 Å². The number of hydrogen-bond donors (Lipinski definition) is 3. The van der Waals surface area contributed by atoms with Gasteiger partial charge in [0.2, 0.25) is 0 Å². The van der Waals surface area contributed by atoms with Crippen LogP contribution < -0.4 is 21.3 Å². The van der Waals surface area contributed by atoms with E-state index in [2.05, 4.69) is 28.5 Å². The Balaban J connectivity index is 1.45. The molecule has 0 unspecified atom stereocenters. The summed E-state index contributed by atoms with van der Waals surface area (Å²) in [5.74, 6) is 0.935. The molecule has 0 saturated carbocycles. The normalized spacial score (nSPS) is 13.8. The monoisotopic (exact) mass is 654 g/mol. The highest BCUT2D eigenvalue weighted by Crippen LogP contribution is 2.34. The molecule has 2 heterocycles. The first kappa shape index (κ1) is 31.9. The second-order valence-corrected chi connectivity index (χ2v) is 12.6. The van der Waals surface area contributed by atoms with Crippen LogP contribution in [0.4, 0.5) is 11.4 Å². The van der Waals surface area contributed by atoms with Crippen molar-refractivity contribution in [2.45, 2.75) is 46.1 Å². The topological polar surface area (TPSA) is 105 Å². The highest BCUT2D eigenvalue weighted by atomic mass is 35.5. The summed E-state index contributed by atoms with van der Waals surface area (Å²) in [6.07, 6.45) is 3.39. The predicted molar refractivity (Wildman–Crippen MR) is 180 cm³/mol. The number of nitrogens with zero attached hydrogens (tertiary/aromatic N) is 3. The number of aryl methyl sites for hydroxylation is 1. The minimum Gasteiger partial charge on any atom is -0.398 e. The molecule has 1 fully saturated rings. The van der Waals surface area contributed by atoms with Gasteiger partial charge in [-0.25, -0.2) is 4.98 Å². The maximum Gasteiger partial charge on any atom is 0.255 e. The number of nitrogen functional groups attached to an aromatic ring is 1. The summed E-state index contributed by atoms with van der Waals surface area (Å²) in [7, 11) is 1.96. The third-order valence-corrected chi connectivity index (χ3v) is 9.45. The number of amides is 2. The maximum absolute atomic E-state index is 13.3. The molecule has 0 radical (unpaired) electrons. The summed E-state index contributed by atoms with van der Waals surface area (Å²) in [4.78, 5) is 33.4. The van der Waals surface area contributed by atoms with Crippen LogP contribution in [-0.2, 0) is 20.0 Å². The molecule has 5 rings (SSSR count). The number of hydrogen-bond acceptors (Lipinski definition) is 5. The first-order valence-electron chi connectivity index (χ1n) is 14.9. The molecular weight excluding hydrogens is 619 g/mol. The van der Waals surface area contributed by atoms with Crippen molar-refractivity contribution in [2.75, 3.05) is 30.3 Å². The Morgan fingerprint density at radius 3 is 2.48 bits per heavy atom. The largest absolute Gasteiger partial charge is 0.398 e. The van der Waals surface area contributed by atoms with Gasteiger partial charge < -0.3 is 25.8 Å². The van der Waals surface area contributed by atoms with E-state index in [0.29, 0.717) is 51.3 Å². The molecule has 0 spiro atoms. The molecule has 44 heavy (non-hydrogen) atoms. The van der Waals surface area contributed by atoms with Crippen molar-refractivity contribution in [3.05, 3.63) is 85.6 Å². The number of nitrogens with two attached hydrogens (primary N) is 1. The van der Waals surface area contributed by atoms with Crippen molar-refractivity contribution in [1.82, 2.24) is 20.2 Å². The zero-order valence-electron chi connectivity index (χ0n) is 25.1. The predicted octanol–water partition coefficient (Wildman–Crippen LogP) is 7.01. The number of nitrogens with one attached hydrogen (secondary N) is 2. The van der Waals surface area contributed by atoms with E-state index < -0.39 is 5.91 Å². The van der Waals surface area contributed by atoms with Crippen molar-refractivity contribution in [3.8, 4) is 0 Å². The van der Waals surface area contributed by atoms with E-state index in [1.807, 2.05) is 24.6 Å². The second kappa shape index (κ2) is 13.7. The molecule has 8 nitrogen and oxygen atoms in total. The first-order valence-corrected chi connectivity index (χ1v) is 16.0. The third-order valence-electron chi connectivity index (χ3n) is 8.31. The lowest BCUT2D eigenvalue weighted by molar-refractivity contribution is 0.0944. The van der Waals surface area contributed by atoms with Gasteiger partial charge in [-0.1, -0.05) is 60.8 Å². The fraction of sp³-hybridized carbons (Fsp3) is 0.364. The molecule has 1 aliphatic rings. The number of fused-ring (bicyclic) bond motifs is 1. The van der Waals surface area contributed by atoms with Crippen molar-refractivity contribution < 1.29 is 9.59 Å². The lowest BCUT2D eigenvalue weighted by Crippen LogP contribution is -2.35. The standard InChI is InChI=1S/C33H37Cl3N6O2/c1-4-12-38-32(43)22-15-26-28(17-27(22)42-13-10-19(2)11-14-42)41(3)29(40-26)16-21-23(34)9-8-20(31(21)36)18-39-33(44)30-24(35)6-5-7-25(30)37/h5-9,15,17,19H,4,10-14,16,18,37H2,1-3H3,(H,38,43)(H,39,44). The second-order valence-electron chi connectivity index (χ2n) is 11.4.